The average Bonchev–Trinajstić information content (AvgIpc) is 2.70. The molecule has 0 aliphatic heterocycles. The molecule has 0 heterocycles. The quantitative estimate of drug-likeness (QED) is 0.415. The Labute approximate surface area is 172 Å². The van der Waals surface area contributed by atoms with Crippen molar-refractivity contribution in [2.45, 2.75) is 6.61 Å². The van der Waals surface area contributed by atoms with E-state index in [2.05, 4.69) is 5.16 Å². The van der Waals surface area contributed by atoms with Crippen molar-refractivity contribution in [2.24, 2.45) is 5.16 Å². The van der Waals surface area contributed by atoms with Crippen LogP contribution in [-0.2, 0) is 11.4 Å². The van der Waals surface area contributed by atoms with Crippen molar-refractivity contribution in [1.29, 1.82) is 0 Å². The minimum Gasteiger partial charge on any atom is -0.497 e. The van der Waals surface area contributed by atoms with Gasteiger partial charge in [-0.1, -0.05) is 64.8 Å². The molecule has 4 nitrogen and oxygen atoms in total. The predicted octanol–water partition coefficient (Wildman–Crippen LogP) is 5.52. The number of hydrogen-bond acceptors (Lipinski definition) is 4. The van der Waals surface area contributed by atoms with Gasteiger partial charge in [-0.05, 0) is 29.8 Å². The predicted molar refractivity (Wildman–Crippen MR) is 110 cm³/mol. The van der Waals surface area contributed by atoms with Gasteiger partial charge in [0, 0.05) is 11.1 Å². The van der Waals surface area contributed by atoms with Crippen LogP contribution in [0.2, 0.25) is 10.0 Å². The van der Waals surface area contributed by atoms with Gasteiger partial charge in [-0.3, -0.25) is 4.79 Å². The molecular weight excluding hydrogens is 397 g/mol. The number of carbonyl (C=O) groups excluding carboxylic acids is 1. The van der Waals surface area contributed by atoms with Crippen molar-refractivity contribution in [3.63, 3.8) is 0 Å². The third-order valence-corrected chi connectivity index (χ3v) is 5.17. The maximum absolute atomic E-state index is 13.0. The van der Waals surface area contributed by atoms with E-state index < -0.39 is 0 Å². The van der Waals surface area contributed by atoms with Gasteiger partial charge in [-0.25, -0.2) is 0 Å². The van der Waals surface area contributed by atoms with Crippen molar-refractivity contribution < 1.29 is 14.4 Å². The molecule has 0 amide bonds. The molecule has 0 unspecified atom stereocenters. The van der Waals surface area contributed by atoms with Gasteiger partial charge in [0.05, 0.1) is 28.3 Å². The van der Waals surface area contributed by atoms with Gasteiger partial charge >= 0.3 is 0 Å². The number of fused-ring (bicyclic) bond motifs is 2. The first-order chi connectivity index (χ1) is 13.6. The van der Waals surface area contributed by atoms with Gasteiger partial charge in [-0.2, -0.15) is 0 Å². The number of nitrogens with zero attached hydrogens (tertiary/aromatic N) is 1. The molecule has 0 fully saturated rings. The molecule has 0 bridgehead atoms. The number of ether oxygens (including phenoxy) is 1. The molecule has 0 spiro atoms. The van der Waals surface area contributed by atoms with Crippen LogP contribution in [0.3, 0.4) is 0 Å². The molecule has 0 aromatic heterocycles. The van der Waals surface area contributed by atoms with E-state index in [1.165, 1.54) is 0 Å². The van der Waals surface area contributed by atoms with Crippen molar-refractivity contribution in [1.82, 2.24) is 0 Å². The van der Waals surface area contributed by atoms with Crippen LogP contribution < -0.4 is 4.74 Å². The number of oxime groups is 1. The lowest BCUT2D eigenvalue weighted by Gasteiger charge is -2.21. The molecule has 3 aromatic carbocycles. The fraction of sp³-hybridized carbons (Fsp3) is 0.0909. The van der Waals surface area contributed by atoms with Gasteiger partial charge in [0.15, 0.2) is 5.78 Å². The van der Waals surface area contributed by atoms with E-state index in [9.17, 15) is 4.79 Å². The summed E-state index contributed by atoms with van der Waals surface area (Å²) >= 11 is 12.6. The van der Waals surface area contributed by atoms with Crippen LogP contribution in [0.4, 0.5) is 0 Å². The highest BCUT2D eigenvalue weighted by Crippen LogP contribution is 2.35. The van der Waals surface area contributed by atoms with E-state index in [1.54, 1.807) is 43.5 Å². The molecule has 1 aliphatic rings. The molecule has 4 rings (SSSR count). The van der Waals surface area contributed by atoms with E-state index >= 15 is 0 Å². The summed E-state index contributed by atoms with van der Waals surface area (Å²) in [5, 5.41) is 5.05. The fourth-order valence-electron chi connectivity index (χ4n) is 3.17. The molecule has 0 radical (unpaired) electrons. The molecule has 140 valence electrons. The van der Waals surface area contributed by atoms with Crippen LogP contribution in [-0.4, -0.2) is 18.6 Å². The Hall–Kier alpha value is -2.82. The van der Waals surface area contributed by atoms with E-state index in [-0.39, 0.29) is 12.4 Å². The molecule has 0 saturated heterocycles. The third kappa shape index (κ3) is 3.26. The Bertz CT molecular complexity index is 1030. The van der Waals surface area contributed by atoms with Crippen molar-refractivity contribution in [3.05, 3.63) is 98.5 Å². The smallest absolute Gasteiger partial charge is 0.197 e. The lowest BCUT2D eigenvalue weighted by Crippen LogP contribution is -2.22. The first-order valence-corrected chi connectivity index (χ1v) is 9.31. The SMILES string of the molecule is COc1ccc(CON=C2c3cccc(Cl)c3C(=O)c3c(Cl)cccc32)cc1. The van der Waals surface area contributed by atoms with Crippen molar-refractivity contribution in [2.75, 3.05) is 7.11 Å². The standard InChI is InChI=1S/C22H15Cl2NO3/c1-27-14-10-8-13(9-11-14)12-28-25-21-15-4-2-6-17(23)19(15)22(26)20-16(21)5-3-7-18(20)24/h2-11H,12H2,1H3. The largest absolute Gasteiger partial charge is 0.497 e. The highest BCUT2D eigenvalue weighted by atomic mass is 35.5. The maximum atomic E-state index is 13.0. The highest BCUT2D eigenvalue weighted by Gasteiger charge is 2.32. The Morgan fingerprint density at radius 2 is 1.43 bits per heavy atom. The summed E-state index contributed by atoms with van der Waals surface area (Å²) in [6, 6.07) is 18.0. The van der Waals surface area contributed by atoms with Crippen LogP contribution >= 0.6 is 23.2 Å². The summed E-state index contributed by atoms with van der Waals surface area (Å²) in [7, 11) is 1.62. The van der Waals surface area contributed by atoms with Crippen molar-refractivity contribution >= 4 is 34.7 Å². The van der Waals surface area contributed by atoms with E-state index in [4.69, 9.17) is 32.8 Å². The normalized spacial score (nSPS) is 12.2. The summed E-state index contributed by atoms with van der Waals surface area (Å²) in [4.78, 5) is 18.6. The average molecular weight is 412 g/mol. The summed E-state index contributed by atoms with van der Waals surface area (Å²) in [5.74, 6) is 0.559. The lowest BCUT2D eigenvalue weighted by molar-refractivity contribution is 0.103. The number of rotatable bonds is 4. The zero-order valence-corrected chi connectivity index (χ0v) is 16.4. The van der Waals surface area contributed by atoms with Gasteiger partial charge in [0.1, 0.15) is 18.1 Å². The van der Waals surface area contributed by atoms with Crippen LogP contribution in [0.1, 0.15) is 32.6 Å². The minimum absolute atomic E-state index is 0.213. The maximum Gasteiger partial charge on any atom is 0.197 e. The monoisotopic (exact) mass is 411 g/mol. The zero-order chi connectivity index (χ0) is 19.7. The number of carbonyl (C=O) groups is 1. The molecule has 0 atom stereocenters. The van der Waals surface area contributed by atoms with Crippen LogP contribution in [0, 0.1) is 0 Å². The van der Waals surface area contributed by atoms with Crippen LogP contribution in [0.15, 0.2) is 65.8 Å². The summed E-state index contributed by atoms with van der Waals surface area (Å²) in [6.45, 7) is 0.271. The van der Waals surface area contributed by atoms with Crippen LogP contribution in [0.25, 0.3) is 0 Å². The summed E-state index contributed by atoms with van der Waals surface area (Å²) in [6.07, 6.45) is 0. The molecule has 0 saturated carbocycles. The molecule has 28 heavy (non-hydrogen) atoms. The molecule has 6 heteroatoms. The second-order valence-electron chi connectivity index (χ2n) is 6.22. The Morgan fingerprint density at radius 1 is 0.857 bits per heavy atom. The topological polar surface area (TPSA) is 47.9 Å². The second kappa shape index (κ2) is 7.66. The van der Waals surface area contributed by atoms with E-state index in [1.807, 2.05) is 24.3 Å². The zero-order valence-electron chi connectivity index (χ0n) is 14.9. The highest BCUT2D eigenvalue weighted by molar-refractivity contribution is 6.43. The van der Waals surface area contributed by atoms with Gasteiger partial charge < -0.3 is 9.57 Å². The first-order valence-electron chi connectivity index (χ1n) is 8.55. The number of halogens is 2. The summed E-state index contributed by atoms with van der Waals surface area (Å²) in [5.41, 5.74) is 3.50. The fourth-order valence-corrected chi connectivity index (χ4v) is 3.69. The minimum atomic E-state index is -0.213. The molecular formula is C22H15Cl2NO3. The number of hydrogen-bond donors (Lipinski definition) is 0. The van der Waals surface area contributed by atoms with Gasteiger partial charge in [-0.15, -0.1) is 0 Å². The Kier molecular flexibility index (Phi) is 5.07. The van der Waals surface area contributed by atoms with Crippen LogP contribution in [0.5, 0.6) is 5.75 Å². The Balaban J connectivity index is 1.73. The summed E-state index contributed by atoms with van der Waals surface area (Å²) < 4.78 is 5.15. The van der Waals surface area contributed by atoms with Gasteiger partial charge in [0.25, 0.3) is 0 Å². The Morgan fingerprint density at radius 3 is 1.96 bits per heavy atom. The number of ketones is 1. The molecule has 1 aliphatic carbocycles. The lowest BCUT2D eigenvalue weighted by atomic mass is 9.83. The van der Waals surface area contributed by atoms with Gasteiger partial charge in [0.2, 0.25) is 0 Å². The molecule has 3 aromatic rings. The third-order valence-electron chi connectivity index (χ3n) is 4.54. The van der Waals surface area contributed by atoms with E-state index in [0.717, 1.165) is 11.3 Å². The van der Waals surface area contributed by atoms with Crippen molar-refractivity contribution in [3.8, 4) is 5.75 Å². The first kappa shape index (κ1) is 18.5. The van der Waals surface area contributed by atoms with E-state index in [0.29, 0.717) is 38.0 Å². The second-order valence-corrected chi connectivity index (χ2v) is 7.03. The molecule has 0 N–H and O–H groups in total. The number of benzene rings is 3. The number of methoxy groups -OCH3 is 1.